The first-order valence-electron chi connectivity index (χ1n) is 8.97. The zero-order valence-corrected chi connectivity index (χ0v) is 17.9. The van der Waals surface area contributed by atoms with Crippen molar-refractivity contribution in [1.82, 2.24) is 14.4 Å². The van der Waals surface area contributed by atoms with Gasteiger partial charge in [0.25, 0.3) is 0 Å². The van der Waals surface area contributed by atoms with Crippen LogP contribution in [0.1, 0.15) is 38.2 Å². The smallest absolute Gasteiger partial charge is 0.329 e. The van der Waals surface area contributed by atoms with Gasteiger partial charge in [-0.1, -0.05) is 13.8 Å². The van der Waals surface area contributed by atoms with Gasteiger partial charge in [-0.15, -0.1) is 24.8 Å². The second kappa shape index (κ2) is 12.6. The number of morpholine rings is 1. The maximum atomic E-state index is 12.6. The second-order valence-electron chi connectivity index (χ2n) is 6.07. The zero-order valence-electron chi connectivity index (χ0n) is 16.3. The molecule has 0 amide bonds. The lowest BCUT2D eigenvalue weighted by Gasteiger charge is -2.33. The number of nitrogens with zero attached hydrogens (tertiary/aromatic N) is 3. The monoisotopic (exact) mass is 409 g/mol. The predicted octanol–water partition coefficient (Wildman–Crippen LogP) is 2.65. The third-order valence-electron chi connectivity index (χ3n) is 4.75. The van der Waals surface area contributed by atoms with Crippen molar-refractivity contribution >= 4 is 30.8 Å². The first-order valence-corrected chi connectivity index (χ1v) is 8.97. The van der Waals surface area contributed by atoms with Crippen LogP contribution in [0, 0.1) is 0 Å². The first-order chi connectivity index (χ1) is 11.6. The van der Waals surface area contributed by atoms with Crippen LogP contribution < -0.4 is 0 Å². The number of rotatable bonds is 8. The number of ether oxygens (including phenoxy) is 2. The van der Waals surface area contributed by atoms with Crippen molar-refractivity contribution in [3.8, 4) is 0 Å². The number of halogens is 2. The van der Waals surface area contributed by atoms with E-state index in [-0.39, 0.29) is 36.8 Å². The van der Waals surface area contributed by atoms with Crippen molar-refractivity contribution in [1.29, 1.82) is 0 Å². The molecule has 1 aromatic rings. The summed E-state index contributed by atoms with van der Waals surface area (Å²) < 4.78 is 12.9. The van der Waals surface area contributed by atoms with Crippen LogP contribution in [0.5, 0.6) is 0 Å². The molecule has 26 heavy (non-hydrogen) atoms. The number of esters is 1. The van der Waals surface area contributed by atoms with Crippen molar-refractivity contribution < 1.29 is 14.3 Å². The van der Waals surface area contributed by atoms with Crippen LogP contribution in [0.2, 0.25) is 0 Å². The molecule has 6 nitrogen and oxygen atoms in total. The normalized spacial score (nSPS) is 15.9. The molecule has 152 valence electrons. The van der Waals surface area contributed by atoms with E-state index in [0.717, 1.165) is 38.4 Å². The summed E-state index contributed by atoms with van der Waals surface area (Å²) in [7, 11) is 2.04. The minimum Gasteiger partial charge on any atom is -0.465 e. The van der Waals surface area contributed by atoms with Crippen LogP contribution in [-0.2, 0) is 27.9 Å². The Morgan fingerprint density at radius 2 is 1.81 bits per heavy atom. The summed E-state index contributed by atoms with van der Waals surface area (Å²) in [4.78, 5) is 17.1. The maximum Gasteiger partial charge on any atom is 0.329 e. The van der Waals surface area contributed by atoms with Crippen molar-refractivity contribution in [3.63, 3.8) is 0 Å². The molecular formula is C18H33Cl2N3O3. The van der Waals surface area contributed by atoms with Crippen LogP contribution in [0.4, 0.5) is 0 Å². The summed E-state index contributed by atoms with van der Waals surface area (Å²) in [6.45, 7) is 12.3. The fourth-order valence-electron chi connectivity index (χ4n) is 3.19. The number of aromatic nitrogens is 1. The summed E-state index contributed by atoms with van der Waals surface area (Å²) in [6.07, 6.45) is 0. The molecule has 0 spiro atoms. The minimum atomic E-state index is -0.357. The molecule has 1 saturated heterocycles. The van der Waals surface area contributed by atoms with Gasteiger partial charge in [-0.25, -0.2) is 4.79 Å². The third kappa shape index (κ3) is 6.13. The molecule has 0 aliphatic carbocycles. The lowest BCUT2D eigenvalue weighted by molar-refractivity contribution is -0.152. The molecule has 2 heterocycles. The van der Waals surface area contributed by atoms with Crippen LogP contribution in [0.15, 0.2) is 12.1 Å². The van der Waals surface area contributed by atoms with E-state index >= 15 is 0 Å². The lowest BCUT2D eigenvalue weighted by Crippen LogP contribution is -2.43. The zero-order chi connectivity index (χ0) is 17.5. The fraction of sp³-hybridized carbons (Fsp3) is 0.722. The Balaban J connectivity index is 0.00000312. The van der Waals surface area contributed by atoms with Gasteiger partial charge in [0, 0.05) is 38.1 Å². The van der Waals surface area contributed by atoms with E-state index < -0.39 is 0 Å². The molecule has 8 heteroatoms. The van der Waals surface area contributed by atoms with E-state index in [1.165, 1.54) is 5.69 Å². The molecule has 1 fully saturated rings. The van der Waals surface area contributed by atoms with Crippen molar-refractivity contribution in [2.45, 2.75) is 33.4 Å². The first kappa shape index (κ1) is 25.2. The Morgan fingerprint density at radius 1 is 1.19 bits per heavy atom. The molecular weight excluding hydrogens is 377 g/mol. The summed E-state index contributed by atoms with van der Waals surface area (Å²) in [5.41, 5.74) is 2.22. The highest BCUT2D eigenvalue weighted by molar-refractivity contribution is 5.85. The van der Waals surface area contributed by atoms with Crippen LogP contribution in [0.25, 0.3) is 0 Å². The minimum absolute atomic E-state index is 0. The summed E-state index contributed by atoms with van der Waals surface area (Å²) in [5.74, 6) is -0.171. The molecule has 1 atom stereocenters. The van der Waals surface area contributed by atoms with Gasteiger partial charge in [-0.05, 0) is 32.1 Å². The van der Waals surface area contributed by atoms with E-state index in [0.29, 0.717) is 19.8 Å². The molecule has 0 saturated carbocycles. The van der Waals surface area contributed by atoms with E-state index in [9.17, 15) is 4.79 Å². The summed E-state index contributed by atoms with van der Waals surface area (Å²) >= 11 is 0. The van der Waals surface area contributed by atoms with Crippen LogP contribution >= 0.6 is 24.8 Å². The van der Waals surface area contributed by atoms with Crippen molar-refractivity contribution in [3.05, 3.63) is 23.5 Å². The van der Waals surface area contributed by atoms with Gasteiger partial charge < -0.3 is 14.0 Å². The molecule has 1 aromatic heterocycles. The van der Waals surface area contributed by atoms with Crippen molar-refractivity contribution in [2.24, 2.45) is 7.05 Å². The van der Waals surface area contributed by atoms with Crippen molar-refractivity contribution in [2.75, 3.05) is 46.0 Å². The predicted molar refractivity (Wildman–Crippen MR) is 108 cm³/mol. The van der Waals surface area contributed by atoms with E-state index in [1.807, 2.05) is 14.0 Å². The number of carbonyl (C=O) groups is 1. The maximum absolute atomic E-state index is 12.6. The lowest BCUT2D eigenvalue weighted by atomic mass is 10.1. The van der Waals surface area contributed by atoms with Gasteiger partial charge in [0.2, 0.25) is 0 Å². The van der Waals surface area contributed by atoms with Crippen LogP contribution in [-0.4, -0.2) is 66.3 Å². The standard InChI is InChI=1S/C18H31N3O3.2ClH/c1-5-20(6-2)14-15-8-9-16(19(15)4)17(18(22)24-7-3)21-10-12-23-13-11-21;;/h8-9,17H,5-7,10-14H2,1-4H3;2*1H. The number of hydrogen-bond donors (Lipinski definition) is 0. The van der Waals surface area contributed by atoms with Gasteiger partial charge >= 0.3 is 5.97 Å². The van der Waals surface area contributed by atoms with Gasteiger partial charge in [0.15, 0.2) is 0 Å². The quantitative estimate of drug-likeness (QED) is 0.617. The Kier molecular flexibility index (Phi) is 12.2. The van der Waals surface area contributed by atoms with E-state index in [4.69, 9.17) is 9.47 Å². The Morgan fingerprint density at radius 3 is 2.35 bits per heavy atom. The molecule has 0 radical (unpaired) electrons. The van der Waals surface area contributed by atoms with Gasteiger partial charge in [-0.3, -0.25) is 9.80 Å². The molecule has 1 unspecified atom stereocenters. The van der Waals surface area contributed by atoms with E-state index in [1.54, 1.807) is 0 Å². The van der Waals surface area contributed by atoms with Crippen LogP contribution in [0.3, 0.4) is 0 Å². The topological polar surface area (TPSA) is 46.9 Å². The average Bonchev–Trinajstić information content (AvgIpc) is 2.95. The Labute approximate surface area is 169 Å². The molecule has 0 N–H and O–H groups in total. The molecule has 0 bridgehead atoms. The summed E-state index contributed by atoms with van der Waals surface area (Å²) in [6, 6.07) is 3.83. The highest BCUT2D eigenvalue weighted by Crippen LogP contribution is 2.25. The fourth-order valence-corrected chi connectivity index (χ4v) is 3.19. The SMILES string of the molecule is CCOC(=O)C(c1ccc(CN(CC)CC)n1C)N1CCOCC1.Cl.Cl. The Bertz CT molecular complexity index is 530. The highest BCUT2D eigenvalue weighted by Gasteiger charge is 2.32. The van der Waals surface area contributed by atoms with Gasteiger partial charge in [-0.2, -0.15) is 0 Å². The molecule has 0 aromatic carbocycles. The largest absolute Gasteiger partial charge is 0.465 e. The average molecular weight is 410 g/mol. The van der Waals surface area contributed by atoms with E-state index in [2.05, 4.69) is 40.3 Å². The molecule has 1 aliphatic rings. The molecule has 1 aliphatic heterocycles. The summed E-state index contributed by atoms with van der Waals surface area (Å²) in [5, 5.41) is 0. The number of hydrogen-bond acceptors (Lipinski definition) is 5. The third-order valence-corrected chi connectivity index (χ3v) is 4.75. The second-order valence-corrected chi connectivity index (χ2v) is 6.07. The Hall–Kier alpha value is -0.790. The highest BCUT2D eigenvalue weighted by atomic mass is 35.5. The number of carbonyl (C=O) groups excluding carboxylic acids is 1. The van der Waals surface area contributed by atoms with Gasteiger partial charge in [0.1, 0.15) is 6.04 Å². The van der Waals surface area contributed by atoms with Gasteiger partial charge in [0.05, 0.1) is 19.8 Å². The molecule has 2 rings (SSSR count).